The fraction of sp³-hybridized carbons (Fsp3) is 0.533. The van der Waals surface area contributed by atoms with E-state index in [4.69, 9.17) is 9.47 Å². The third-order valence-corrected chi connectivity index (χ3v) is 3.91. The number of methoxy groups -OCH3 is 2. The molecule has 0 spiro atoms. The second kappa shape index (κ2) is 5.32. The van der Waals surface area contributed by atoms with Crippen LogP contribution in [-0.4, -0.2) is 48.8 Å². The predicted octanol–water partition coefficient (Wildman–Crippen LogP) is 1.61. The molecule has 0 saturated carbocycles. The summed E-state index contributed by atoms with van der Waals surface area (Å²) in [4.78, 5) is 14.0. The summed E-state index contributed by atoms with van der Waals surface area (Å²) < 4.78 is 10.5. The van der Waals surface area contributed by atoms with Crippen LogP contribution >= 0.6 is 0 Å². The smallest absolute Gasteiger partial charge is 0.254 e. The summed E-state index contributed by atoms with van der Waals surface area (Å²) in [5.74, 6) is 1.14. The lowest BCUT2D eigenvalue weighted by molar-refractivity contribution is -0.0826. The van der Waals surface area contributed by atoms with Gasteiger partial charge < -0.3 is 19.5 Å². The Bertz CT molecular complexity index is 496. The summed E-state index contributed by atoms with van der Waals surface area (Å²) >= 11 is 0. The molecule has 110 valence electrons. The Labute approximate surface area is 119 Å². The minimum Gasteiger partial charge on any atom is -0.496 e. The summed E-state index contributed by atoms with van der Waals surface area (Å²) in [6, 6.07) is 3.42. The van der Waals surface area contributed by atoms with Gasteiger partial charge in [-0.15, -0.1) is 0 Å². The van der Waals surface area contributed by atoms with E-state index in [0.29, 0.717) is 36.6 Å². The van der Waals surface area contributed by atoms with Gasteiger partial charge in [-0.25, -0.2) is 0 Å². The van der Waals surface area contributed by atoms with Crippen molar-refractivity contribution in [2.75, 3.05) is 27.3 Å². The lowest BCUT2D eigenvalue weighted by Gasteiger charge is -2.46. The first-order chi connectivity index (χ1) is 9.44. The van der Waals surface area contributed by atoms with Gasteiger partial charge in [0.05, 0.1) is 32.9 Å². The van der Waals surface area contributed by atoms with Crippen LogP contribution in [0.15, 0.2) is 12.1 Å². The molecule has 0 bridgehead atoms. The molecule has 1 aliphatic heterocycles. The number of likely N-dealkylation sites (tertiary alicyclic amines) is 1. The Morgan fingerprint density at radius 3 is 2.20 bits per heavy atom. The largest absolute Gasteiger partial charge is 0.496 e. The molecule has 1 aromatic rings. The quantitative estimate of drug-likeness (QED) is 0.909. The summed E-state index contributed by atoms with van der Waals surface area (Å²) in [6.45, 7) is 4.55. The van der Waals surface area contributed by atoms with Gasteiger partial charge in [0, 0.05) is 11.1 Å². The highest BCUT2D eigenvalue weighted by atomic mass is 16.5. The lowest BCUT2D eigenvalue weighted by Crippen LogP contribution is -2.63. The van der Waals surface area contributed by atoms with Crippen LogP contribution < -0.4 is 9.47 Å². The topological polar surface area (TPSA) is 59.0 Å². The number of carbonyl (C=O) groups is 1. The van der Waals surface area contributed by atoms with Gasteiger partial charge in [-0.3, -0.25) is 4.79 Å². The number of aliphatic hydroxyl groups is 1. The first kappa shape index (κ1) is 14.7. The zero-order valence-electron chi connectivity index (χ0n) is 12.4. The Hall–Kier alpha value is -1.75. The average Bonchev–Trinajstić information content (AvgIpc) is 2.43. The van der Waals surface area contributed by atoms with Gasteiger partial charge in [0.25, 0.3) is 5.91 Å². The molecular weight excluding hydrogens is 258 g/mol. The monoisotopic (exact) mass is 279 g/mol. The third-order valence-electron chi connectivity index (χ3n) is 3.91. The summed E-state index contributed by atoms with van der Waals surface area (Å²) in [6.07, 6.45) is 0.650. The van der Waals surface area contributed by atoms with Crippen molar-refractivity contribution < 1.29 is 19.4 Å². The maximum Gasteiger partial charge on any atom is 0.254 e. The minimum atomic E-state index is -0.728. The van der Waals surface area contributed by atoms with Crippen molar-refractivity contribution in [2.45, 2.75) is 25.9 Å². The standard InChI is InChI=1S/C15H21NO4/c1-5-15(18)8-16(9-15)14(17)11-6-12(19-3)10(2)13(7-11)20-4/h6-7,18H,5,8-9H2,1-4H3. The number of amides is 1. The maximum absolute atomic E-state index is 12.4. The van der Waals surface area contributed by atoms with Crippen LogP contribution in [0.2, 0.25) is 0 Å². The van der Waals surface area contributed by atoms with E-state index in [9.17, 15) is 9.90 Å². The maximum atomic E-state index is 12.4. The Balaban J connectivity index is 2.23. The normalized spacial score (nSPS) is 16.6. The van der Waals surface area contributed by atoms with Crippen LogP contribution in [-0.2, 0) is 0 Å². The van der Waals surface area contributed by atoms with Crippen LogP contribution in [0.25, 0.3) is 0 Å². The molecule has 1 N–H and O–H groups in total. The van der Waals surface area contributed by atoms with E-state index in [1.807, 2.05) is 13.8 Å². The van der Waals surface area contributed by atoms with E-state index >= 15 is 0 Å². The first-order valence-electron chi connectivity index (χ1n) is 6.68. The molecule has 2 rings (SSSR count). The second-order valence-electron chi connectivity index (χ2n) is 5.24. The fourth-order valence-corrected chi connectivity index (χ4v) is 2.42. The molecule has 1 saturated heterocycles. The summed E-state index contributed by atoms with van der Waals surface area (Å²) in [7, 11) is 3.13. The number of β-amino-alcohol motifs (C(OH)–C–C–N with tert-alkyl or cyclic N) is 1. The Morgan fingerprint density at radius 2 is 1.80 bits per heavy atom. The van der Waals surface area contributed by atoms with Gasteiger partial charge in [-0.05, 0) is 25.5 Å². The summed E-state index contributed by atoms with van der Waals surface area (Å²) in [5, 5.41) is 9.99. The molecule has 1 aliphatic rings. The van der Waals surface area contributed by atoms with Gasteiger partial charge in [0.1, 0.15) is 11.5 Å². The van der Waals surface area contributed by atoms with Crippen molar-refractivity contribution in [3.63, 3.8) is 0 Å². The number of carbonyl (C=O) groups excluding carboxylic acids is 1. The molecule has 5 heteroatoms. The average molecular weight is 279 g/mol. The van der Waals surface area contributed by atoms with E-state index < -0.39 is 5.60 Å². The molecule has 20 heavy (non-hydrogen) atoms. The molecule has 1 amide bonds. The highest BCUT2D eigenvalue weighted by Gasteiger charge is 2.42. The third kappa shape index (κ3) is 2.45. The number of rotatable bonds is 4. The van der Waals surface area contributed by atoms with Crippen LogP contribution in [0.4, 0.5) is 0 Å². The number of nitrogens with zero attached hydrogens (tertiary/aromatic N) is 1. The van der Waals surface area contributed by atoms with Crippen molar-refractivity contribution in [3.05, 3.63) is 23.3 Å². The molecule has 0 aromatic heterocycles. The van der Waals surface area contributed by atoms with Crippen LogP contribution in [0.3, 0.4) is 0 Å². The molecule has 1 fully saturated rings. The number of hydrogen-bond donors (Lipinski definition) is 1. The Morgan fingerprint density at radius 1 is 1.30 bits per heavy atom. The minimum absolute atomic E-state index is 0.111. The molecule has 0 aliphatic carbocycles. The molecule has 1 heterocycles. The molecule has 5 nitrogen and oxygen atoms in total. The van der Waals surface area contributed by atoms with E-state index in [1.54, 1.807) is 31.3 Å². The number of hydrogen-bond acceptors (Lipinski definition) is 4. The molecule has 0 atom stereocenters. The number of benzene rings is 1. The Kier molecular flexibility index (Phi) is 3.90. The van der Waals surface area contributed by atoms with E-state index in [0.717, 1.165) is 5.56 Å². The van der Waals surface area contributed by atoms with E-state index in [1.165, 1.54) is 0 Å². The molecular formula is C15H21NO4. The zero-order chi connectivity index (χ0) is 14.9. The van der Waals surface area contributed by atoms with Crippen molar-refractivity contribution in [3.8, 4) is 11.5 Å². The van der Waals surface area contributed by atoms with E-state index in [2.05, 4.69) is 0 Å². The van der Waals surface area contributed by atoms with Crippen LogP contribution in [0.5, 0.6) is 11.5 Å². The number of ether oxygens (including phenoxy) is 2. The van der Waals surface area contributed by atoms with Crippen molar-refractivity contribution in [2.24, 2.45) is 0 Å². The highest BCUT2D eigenvalue weighted by Crippen LogP contribution is 2.32. The van der Waals surface area contributed by atoms with Crippen LogP contribution in [0.1, 0.15) is 29.3 Å². The fourth-order valence-electron chi connectivity index (χ4n) is 2.42. The van der Waals surface area contributed by atoms with Gasteiger partial charge >= 0.3 is 0 Å². The van der Waals surface area contributed by atoms with Crippen molar-refractivity contribution in [1.82, 2.24) is 4.90 Å². The van der Waals surface area contributed by atoms with Crippen molar-refractivity contribution in [1.29, 1.82) is 0 Å². The molecule has 1 aromatic carbocycles. The highest BCUT2D eigenvalue weighted by molar-refractivity contribution is 5.96. The predicted molar refractivity (Wildman–Crippen MR) is 75.4 cm³/mol. The first-order valence-corrected chi connectivity index (χ1v) is 6.68. The second-order valence-corrected chi connectivity index (χ2v) is 5.24. The molecule has 0 unspecified atom stereocenters. The van der Waals surface area contributed by atoms with Gasteiger partial charge in [0.2, 0.25) is 0 Å². The zero-order valence-corrected chi connectivity index (χ0v) is 12.4. The van der Waals surface area contributed by atoms with Crippen LogP contribution in [0, 0.1) is 6.92 Å². The van der Waals surface area contributed by atoms with Crippen molar-refractivity contribution >= 4 is 5.91 Å². The van der Waals surface area contributed by atoms with Gasteiger partial charge in [-0.1, -0.05) is 6.92 Å². The summed E-state index contributed by atoms with van der Waals surface area (Å²) in [5.41, 5.74) is 0.650. The lowest BCUT2D eigenvalue weighted by atomic mass is 9.90. The van der Waals surface area contributed by atoms with E-state index in [-0.39, 0.29) is 5.91 Å². The van der Waals surface area contributed by atoms with Gasteiger partial charge in [0.15, 0.2) is 0 Å². The molecule has 0 radical (unpaired) electrons. The SMILES string of the molecule is CCC1(O)CN(C(=O)c2cc(OC)c(C)c(OC)c2)C1. The van der Waals surface area contributed by atoms with Gasteiger partial charge in [-0.2, -0.15) is 0 Å².